The number of carbonyl (C=O) groups excluding carboxylic acids is 1. The maximum Gasteiger partial charge on any atom is 0.224 e. The van der Waals surface area contributed by atoms with Crippen molar-refractivity contribution in [1.29, 1.82) is 0 Å². The van der Waals surface area contributed by atoms with Crippen molar-refractivity contribution in [2.75, 3.05) is 13.1 Å². The van der Waals surface area contributed by atoms with Gasteiger partial charge in [-0.3, -0.25) is 4.79 Å². The van der Waals surface area contributed by atoms with E-state index >= 15 is 0 Å². The van der Waals surface area contributed by atoms with E-state index in [4.69, 9.17) is 11.6 Å². The third-order valence-electron chi connectivity index (χ3n) is 3.03. The Bertz CT molecular complexity index is 442. The molecular weight excluding hydrogens is 280 g/mol. The molecule has 1 fully saturated rings. The van der Waals surface area contributed by atoms with Gasteiger partial charge in [-0.2, -0.15) is 0 Å². The third-order valence-corrected chi connectivity index (χ3v) is 4.24. The molecule has 104 valence electrons. The summed E-state index contributed by atoms with van der Waals surface area (Å²) in [6.07, 6.45) is 4.81. The summed E-state index contributed by atoms with van der Waals surface area (Å²) in [4.78, 5) is 15.1. The van der Waals surface area contributed by atoms with Gasteiger partial charge < -0.3 is 10.2 Å². The van der Waals surface area contributed by atoms with Crippen LogP contribution in [-0.4, -0.2) is 29.9 Å². The predicted octanol–water partition coefficient (Wildman–Crippen LogP) is 3.06. The fourth-order valence-corrected chi connectivity index (χ4v) is 2.97. The van der Waals surface area contributed by atoms with E-state index in [0.717, 1.165) is 15.8 Å². The van der Waals surface area contributed by atoms with Gasteiger partial charge in [-0.15, -0.1) is 17.9 Å². The van der Waals surface area contributed by atoms with Crippen LogP contribution in [-0.2, 0) is 11.3 Å². The molecule has 0 spiro atoms. The van der Waals surface area contributed by atoms with Crippen LogP contribution in [0.3, 0.4) is 0 Å². The highest BCUT2D eigenvalue weighted by molar-refractivity contribution is 7.16. The van der Waals surface area contributed by atoms with Gasteiger partial charge in [0.15, 0.2) is 0 Å². The molecule has 0 unspecified atom stereocenters. The highest BCUT2D eigenvalue weighted by Gasteiger charge is 2.21. The van der Waals surface area contributed by atoms with Crippen molar-refractivity contribution in [3.05, 3.63) is 34.0 Å². The molecule has 0 atom stereocenters. The number of hydrogen-bond acceptors (Lipinski definition) is 3. The predicted molar refractivity (Wildman–Crippen MR) is 80.6 cm³/mol. The normalized spacial score (nSPS) is 14.4. The summed E-state index contributed by atoms with van der Waals surface area (Å²) in [5.74, 6) is 0.164. The van der Waals surface area contributed by atoms with Crippen LogP contribution in [0.1, 0.15) is 24.1 Å². The number of halogens is 1. The molecule has 0 aromatic carbocycles. The van der Waals surface area contributed by atoms with E-state index in [1.165, 1.54) is 24.2 Å². The Morgan fingerprint density at radius 2 is 2.37 bits per heavy atom. The Morgan fingerprint density at radius 1 is 1.58 bits per heavy atom. The third kappa shape index (κ3) is 4.97. The van der Waals surface area contributed by atoms with E-state index in [9.17, 15) is 4.79 Å². The van der Waals surface area contributed by atoms with E-state index in [0.29, 0.717) is 25.6 Å². The van der Waals surface area contributed by atoms with Crippen molar-refractivity contribution in [2.24, 2.45) is 0 Å². The molecule has 1 saturated carbocycles. The van der Waals surface area contributed by atoms with Crippen molar-refractivity contribution in [1.82, 2.24) is 10.2 Å². The van der Waals surface area contributed by atoms with Gasteiger partial charge >= 0.3 is 0 Å². The maximum atomic E-state index is 12.2. The van der Waals surface area contributed by atoms with E-state index in [1.54, 1.807) is 6.08 Å². The van der Waals surface area contributed by atoms with Crippen LogP contribution in [0.25, 0.3) is 0 Å². The Morgan fingerprint density at radius 3 is 2.95 bits per heavy atom. The van der Waals surface area contributed by atoms with E-state index in [1.807, 2.05) is 17.0 Å². The molecule has 0 saturated heterocycles. The Kier molecular flexibility index (Phi) is 5.43. The minimum Gasteiger partial charge on any atom is -0.334 e. The fraction of sp³-hybridized carbons (Fsp3) is 0.500. The van der Waals surface area contributed by atoms with Gasteiger partial charge in [0, 0.05) is 30.4 Å². The van der Waals surface area contributed by atoms with Crippen molar-refractivity contribution in [3.63, 3.8) is 0 Å². The van der Waals surface area contributed by atoms with E-state index in [2.05, 4.69) is 11.9 Å². The van der Waals surface area contributed by atoms with Gasteiger partial charge in [0.25, 0.3) is 0 Å². The molecule has 19 heavy (non-hydrogen) atoms. The van der Waals surface area contributed by atoms with Gasteiger partial charge in [0.1, 0.15) is 0 Å². The van der Waals surface area contributed by atoms with Crippen molar-refractivity contribution < 1.29 is 4.79 Å². The van der Waals surface area contributed by atoms with Gasteiger partial charge in [-0.25, -0.2) is 0 Å². The first kappa shape index (κ1) is 14.6. The molecule has 2 rings (SSSR count). The lowest BCUT2D eigenvalue weighted by Gasteiger charge is -2.20. The van der Waals surface area contributed by atoms with Crippen LogP contribution in [0.15, 0.2) is 24.8 Å². The second-order valence-corrected chi connectivity index (χ2v) is 6.55. The first-order valence-corrected chi connectivity index (χ1v) is 7.74. The van der Waals surface area contributed by atoms with Crippen LogP contribution in [0.4, 0.5) is 0 Å². The summed E-state index contributed by atoms with van der Waals surface area (Å²) in [5.41, 5.74) is 0. The second-order valence-electron chi connectivity index (χ2n) is 4.75. The topological polar surface area (TPSA) is 32.3 Å². The monoisotopic (exact) mass is 298 g/mol. The minimum absolute atomic E-state index is 0.164. The zero-order valence-electron chi connectivity index (χ0n) is 10.9. The quantitative estimate of drug-likeness (QED) is 0.748. The van der Waals surface area contributed by atoms with Crippen molar-refractivity contribution in [2.45, 2.75) is 31.8 Å². The van der Waals surface area contributed by atoms with Gasteiger partial charge in [-0.1, -0.05) is 17.7 Å². The van der Waals surface area contributed by atoms with E-state index < -0.39 is 0 Å². The van der Waals surface area contributed by atoms with Gasteiger partial charge in [-0.05, 0) is 25.0 Å². The van der Waals surface area contributed by atoms with Crippen LogP contribution >= 0.6 is 22.9 Å². The fourth-order valence-electron chi connectivity index (χ4n) is 1.86. The molecular formula is C14H19ClN2OS. The summed E-state index contributed by atoms with van der Waals surface area (Å²) >= 11 is 7.43. The minimum atomic E-state index is 0.164. The molecule has 5 heteroatoms. The summed E-state index contributed by atoms with van der Waals surface area (Å²) in [5, 5.41) is 3.36. The molecule has 1 aromatic heterocycles. The lowest BCUT2D eigenvalue weighted by atomic mass is 10.3. The number of carbonyl (C=O) groups is 1. The van der Waals surface area contributed by atoms with E-state index in [-0.39, 0.29) is 5.91 Å². The Hall–Kier alpha value is -0.840. The molecule has 1 amide bonds. The molecule has 0 radical (unpaired) electrons. The maximum absolute atomic E-state index is 12.2. The van der Waals surface area contributed by atoms with Crippen LogP contribution in [0.2, 0.25) is 4.34 Å². The lowest BCUT2D eigenvalue weighted by molar-refractivity contribution is -0.131. The highest BCUT2D eigenvalue weighted by Crippen LogP contribution is 2.23. The lowest BCUT2D eigenvalue weighted by Crippen LogP contribution is -2.33. The molecule has 0 aliphatic heterocycles. The largest absolute Gasteiger partial charge is 0.334 e. The first-order valence-electron chi connectivity index (χ1n) is 6.55. The van der Waals surface area contributed by atoms with Gasteiger partial charge in [0.05, 0.1) is 10.9 Å². The highest BCUT2D eigenvalue weighted by atomic mass is 35.5. The standard InChI is InChI=1S/C14H19ClN2OS/c1-2-9-17(10-12-5-6-13(15)19-12)14(18)7-8-16-11-3-4-11/h2,5-6,11,16H,1,3-4,7-10H2. The zero-order valence-corrected chi connectivity index (χ0v) is 12.5. The number of hydrogen-bond donors (Lipinski definition) is 1. The van der Waals surface area contributed by atoms with Crippen LogP contribution < -0.4 is 5.32 Å². The Balaban J connectivity index is 1.82. The Labute approximate surface area is 123 Å². The zero-order chi connectivity index (χ0) is 13.7. The number of amides is 1. The summed E-state index contributed by atoms with van der Waals surface area (Å²) in [7, 11) is 0. The average Bonchev–Trinajstić information content (AvgIpc) is 3.11. The van der Waals surface area contributed by atoms with Crippen molar-refractivity contribution in [3.8, 4) is 0 Å². The molecule has 0 bridgehead atoms. The number of rotatable bonds is 8. The molecule has 1 aliphatic rings. The summed E-state index contributed by atoms with van der Waals surface area (Å²) in [6, 6.07) is 4.49. The van der Waals surface area contributed by atoms with Crippen LogP contribution in [0, 0.1) is 0 Å². The molecule has 3 nitrogen and oxygen atoms in total. The van der Waals surface area contributed by atoms with Crippen molar-refractivity contribution >= 4 is 28.8 Å². The molecule has 1 heterocycles. The van der Waals surface area contributed by atoms with Gasteiger partial charge in [0.2, 0.25) is 5.91 Å². The summed E-state index contributed by atoms with van der Waals surface area (Å²) in [6.45, 7) is 5.68. The molecule has 1 aromatic rings. The number of nitrogens with zero attached hydrogens (tertiary/aromatic N) is 1. The van der Waals surface area contributed by atoms with Crippen LogP contribution in [0.5, 0.6) is 0 Å². The average molecular weight is 299 g/mol. The second kappa shape index (κ2) is 7.08. The smallest absolute Gasteiger partial charge is 0.224 e. The number of nitrogens with one attached hydrogen (secondary N) is 1. The molecule has 1 aliphatic carbocycles. The number of thiophene rings is 1. The first-order chi connectivity index (χ1) is 9.19. The molecule has 1 N–H and O–H groups in total. The SMILES string of the molecule is C=CCN(Cc1ccc(Cl)s1)C(=O)CCNC1CC1. The summed E-state index contributed by atoms with van der Waals surface area (Å²) < 4.78 is 0.761.